The molecule has 1 aromatic rings. The summed E-state index contributed by atoms with van der Waals surface area (Å²) in [5, 5.41) is 14.3. The summed E-state index contributed by atoms with van der Waals surface area (Å²) in [5.74, 6) is 0.738. The highest BCUT2D eigenvalue weighted by atomic mass is 16.3. The number of aromatic nitrogens is 2. The lowest BCUT2D eigenvalue weighted by atomic mass is 9.90. The van der Waals surface area contributed by atoms with Gasteiger partial charge in [-0.2, -0.15) is 5.10 Å². The second-order valence-electron chi connectivity index (χ2n) is 4.12. The molecule has 0 aliphatic rings. The van der Waals surface area contributed by atoms with Gasteiger partial charge in [0, 0.05) is 12.7 Å². The first-order valence-corrected chi connectivity index (χ1v) is 5.27. The van der Waals surface area contributed by atoms with Crippen LogP contribution in [0.1, 0.15) is 39.5 Å². The van der Waals surface area contributed by atoms with E-state index in [2.05, 4.69) is 25.9 Å². The third-order valence-electron chi connectivity index (χ3n) is 2.90. The van der Waals surface area contributed by atoms with Crippen molar-refractivity contribution in [2.24, 2.45) is 11.8 Å². The first-order chi connectivity index (χ1) is 6.57. The maximum atomic E-state index is 10.1. The number of aryl methyl sites for hydroxylation is 1. The quantitative estimate of drug-likeness (QED) is 0.802. The van der Waals surface area contributed by atoms with Crippen molar-refractivity contribution < 1.29 is 5.11 Å². The third-order valence-corrected chi connectivity index (χ3v) is 2.90. The highest BCUT2D eigenvalue weighted by molar-refractivity contribution is 5.05. The Balaban J connectivity index is 2.83. The molecular weight excluding hydrogens is 176 g/mol. The van der Waals surface area contributed by atoms with E-state index in [1.54, 1.807) is 6.20 Å². The summed E-state index contributed by atoms with van der Waals surface area (Å²) in [6, 6.07) is 1.90. The Morgan fingerprint density at radius 2 is 2.07 bits per heavy atom. The summed E-state index contributed by atoms with van der Waals surface area (Å²) in [4.78, 5) is 0. The largest absolute Gasteiger partial charge is 0.387 e. The van der Waals surface area contributed by atoms with Crippen molar-refractivity contribution in [1.82, 2.24) is 9.78 Å². The molecule has 0 aromatic carbocycles. The maximum Gasteiger partial charge on any atom is 0.0984 e. The predicted molar refractivity (Wildman–Crippen MR) is 56.9 cm³/mol. The van der Waals surface area contributed by atoms with E-state index in [-0.39, 0.29) is 5.92 Å². The molecule has 0 bridgehead atoms. The zero-order chi connectivity index (χ0) is 10.7. The zero-order valence-electron chi connectivity index (χ0n) is 9.44. The Bertz CT molecular complexity index is 281. The van der Waals surface area contributed by atoms with Gasteiger partial charge in [0.25, 0.3) is 0 Å². The lowest BCUT2D eigenvalue weighted by molar-refractivity contribution is 0.0837. The normalized spacial score (nSPS) is 15.9. The molecule has 0 saturated heterocycles. The molecule has 1 aromatic heterocycles. The van der Waals surface area contributed by atoms with Crippen LogP contribution < -0.4 is 0 Å². The second-order valence-corrected chi connectivity index (χ2v) is 4.12. The average molecular weight is 196 g/mol. The van der Waals surface area contributed by atoms with Crippen molar-refractivity contribution in [1.29, 1.82) is 0 Å². The van der Waals surface area contributed by atoms with Crippen LogP contribution >= 0.6 is 0 Å². The van der Waals surface area contributed by atoms with E-state index in [9.17, 15) is 5.11 Å². The Kier molecular flexibility index (Phi) is 3.69. The fourth-order valence-corrected chi connectivity index (χ4v) is 1.49. The van der Waals surface area contributed by atoms with Crippen LogP contribution in [0.15, 0.2) is 12.3 Å². The van der Waals surface area contributed by atoms with Gasteiger partial charge < -0.3 is 5.11 Å². The lowest BCUT2D eigenvalue weighted by Gasteiger charge is -2.22. The fourth-order valence-electron chi connectivity index (χ4n) is 1.49. The molecule has 0 aliphatic heterocycles. The predicted octanol–water partition coefficient (Wildman–Crippen LogP) is 2.23. The number of aliphatic hydroxyl groups is 1. The number of hydrogen-bond acceptors (Lipinski definition) is 2. The van der Waals surface area contributed by atoms with Crippen LogP contribution in [0.3, 0.4) is 0 Å². The summed E-state index contributed by atoms with van der Waals surface area (Å²) >= 11 is 0. The smallest absolute Gasteiger partial charge is 0.0984 e. The topological polar surface area (TPSA) is 38.0 Å². The van der Waals surface area contributed by atoms with E-state index < -0.39 is 6.10 Å². The molecule has 1 heterocycles. The van der Waals surface area contributed by atoms with Crippen molar-refractivity contribution >= 4 is 0 Å². The van der Waals surface area contributed by atoms with Gasteiger partial charge in [-0.3, -0.25) is 4.68 Å². The molecule has 80 valence electrons. The molecule has 3 nitrogen and oxygen atoms in total. The third kappa shape index (κ3) is 2.15. The first kappa shape index (κ1) is 11.2. The van der Waals surface area contributed by atoms with Gasteiger partial charge in [-0.1, -0.05) is 20.8 Å². The molecule has 0 aliphatic carbocycles. The number of hydrogen-bond donors (Lipinski definition) is 1. The Morgan fingerprint density at radius 1 is 1.43 bits per heavy atom. The highest BCUT2D eigenvalue weighted by Crippen LogP contribution is 2.27. The highest BCUT2D eigenvalue weighted by Gasteiger charge is 2.21. The summed E-state index contributed by atoms with van der Waals surface area (Å²) in [6.07, 6.45) is 1.34. The average Bonchev–Trinajstić information content (AvgIpc) is 2.62. The maximum absolute atomic E-state index is 10.1. The van der Waals surface area contributed by atoms with Crippen LogP contribution in [0.2, 0.25) is 0 Å². The fraction of sp³-hybridized carbons (Fsp3) is 0.727. The molecule has 3 heteroatoms. The van der Waals surface area contributed by atoms with Crippen molar-refractivity contribution in [3.63, 3.8) is 0 Å². The molecule has 2 atom stereocenters. The second kappa shape index (κ2) is 4.60. The van der Waals surface area contributed by atoms with Gasteiger partial charge in [-0.05, 0) is 24.8 Å². The van der Waals surface area contributed by atoms with Gasteiger partial charge in [0.1, 0.15) is 0 Å². The van der Waals surface area contributed by atoms with E-state index in [0.717, 1.165) is 12.2 Å². The summed E-state index contributed by atoms with van der Waals surface area (Å²) in [6.45, 7) is 9.16. The van der Waals surface area contributed by atoms with E-state index in [1.165, 1.54) is 0 Å². The van der Waals surface area contributed by atoms with Gasteiger partial charge in [0.15, 0.2) is 0 Å². The Hall–Kier alpha value is -0.830. The Labute approximate surface area is 85.8 Å². The minimum absolute atomic E-state index is 0.261. The number of aliphatic hydroxyl groups excluding tert-OH is 1. The van der Waals surface area contributed by atoms with Crippen LogP contribution in [-0.2, 0) is 6.54 Å². The van der Waals surface area contributed by atoms with Crippen LogP contribution in [0.4, 0.5) is 0 Å². The monoisotopic (exact) mass is 196 g/mol. The SMILES string of the molecule is CCn1nccc1C(O)C(C)C(C)C. The van der Waals surface area contributed by atoms with Gasteiger partial charge in [-0.15, -0.1) is 0 Å². The van der Waals surface area contributed by atoms with Gasteiger partial charge >= 0.3 is 0 Å². The molecule has 0 radical (unpaired) electrons. The summed E-state index contributed by atoms with van der Waals surface area (Å²) in [7, 11) is 0. The van der Waals surface area contributed by atoms with Crippen LogP contribution in [-0.4, -0.2) is 14.9 Å². The summed E-state index contributed by atoms with van der Waals surface area (Å²) in [5.41, 5.74) is 0.925. The van der Waals surface area contributed by atoms with Crippen molar-refractivity contribution in [2.75, 3.05) is 0 Å². The van der Waals surface area contributed by atoms with E-state index in [4.69, 9.17) is 0 Å². The van der Waals surface area contributed by atoms with E-state index in [0.29, 0.717) is 5.92 Å². The minimum atomic E-state index is -0.405. The van der Waals surface area contributed by atoms with Gasteiger partial charge in [0.05, 0.1) is 11.8 Å². The number of rotatable bonds is 4. The molecule has 14 heavy (non-hydrogen) atoms. The zero-order valence-corrected chi connectivity index (χ0v) is 9.44. The molecule has 0 spiro atoms. The molecule has 0 amide bonds. The van der Waals surface area contributed by atoms with Gasteiger partial charge in [-0.25, -0.2) is 0 Å². The lowest BCUT2D eigenvalue weighted by Crippen LogP contribution is -2.18. The molecule has 0 saturated carbocycles. The van der Waals surface area contributed by atoms with Crippen LogP contribution in [0, 0.1) is 11.8 Å². The first-order valence-electron chi connectivity index (χ1n) is 5.27. The van der Waals surface area contributed by atoms with E-state index >= 15 is 0 Å². The molecule has 1 rings (SSSR count). The molecule has 0 fully saturated rings. The molecule has 2 unspecified atom stereocenters. The number of nitrogens with zero attached hydrogens (tertiary/aromatic N) is 2. The van der Waals surface area contributed by atoms with Crippen molar-refractivity contribution in [2.45, 2.75) is 40.3 Å². The van der Waals surface area contributed by atoms with E-state index in [1.807, 2.05) is 17.7 Å². The standard InChI is InChI=1S/C11H20N2O/c1-5-13-10(6-7-12-13)11(14)9(4)8(2)3/h6-9,11,14H,5H2,1-4H3. The van der Waals surface area contributed by atoms with Crippen LogP contribution in [0.25, 0.3) is 0 Å². The Morgan fingerprint density at radius 3 is 2.57 bits per heavy atom. The van der Waals surface area contributed by atoms with Crippen molar-refractivity contribution in [3.05, 3.63) is 18.0 Å². The summed E-state index contributed by atoms with van der Waals surface area (Å²) < 4.78 is 1.85. The van der Waals surface area contributed by atoms with Crippen molar-refractivity contribution in [3.8, 4) is 0 Å². The molecule has 1 N–H and O–H groups in total. The van der Waals surface area contributed by atoms with Crippen LogP contribution in [0.5, 0.6) is 0 Å². The van der Waals surface area contributed by atoms with Gasteiger partial charge in [0.2, 0.25) is 0 Å². The minimum Gasteiger partial charge on any atom is -0.387 e. The molecular formula is C11H20N2O.